The lowest BCUT2D eigenvalue weighted by Gasteiger charge is -2.11. The Labute approximate surface area is 91.7 Å². The third kappa shape index (κ3) is 4.15. The molecule has 82 valence electrons. The van der Waals surface area contributed by atoms with Crippen LogP contribution < -0.4 is 5.32 Å². The summed E-state index contributed by atoms with van der Waals surface area (Å²) in [5.41, 5.74) is 1.23. The highest BCUT2D eigenvalue weighted by Gasteiger charge is 2.09. The van der Waals surface area contributed by atoms with Crippen LogP contribution in [0.1, 0.15) is 38.2 Å². The third-order valence-corrected chi connectivity index (χ3v) is 2.43. The van der Waals surface area contributed by atoms with E-state index >= 15 is 0 Å². The lowest BCUT2D eigenvalue weighted by molar-refractivity contribution is -0.121. The Balaban J connectivity index is 2.42. The van der Waals surface area contributed by atoms with Crippen molar-refractivity contribution in [2.45, 2.75) is 32.6 Å². The van der Waals surface area contributed by atoms with E-state index in [2.05, 4.69) is 31.3 Å². The number of amides is 1. The van der Waals surface area contributed by atoms with Gasteiger partial charge < -0.3 is 5.32 Å². The van der Waals surface area contributed by atoms with Crippen molar-refractivity contribution in [3.05, 3.63) is 35.9 Å². The van der Waals surface area contributed by atoms with Crippen LogP contribution in [0.4, 0.5) is 0 Å². The highest BCUT2D eigenvalue weighted by molar-refractivity contribution is 5.76. The Hall–Kier alpha value is -1.31. The van der Waals surface area contributed by atoms with E-state index in [1.54, 1.807) is 0 Å². The molecule has 0 fully saturated rings. The van der Waals surface area contributed by atoms with E-state index in [1.165, 1.54) is 5.56 Å². The molecule has 0 saturated heterocycles. The Bertz CT molecular complexity index is 295. The summed E-state index contributed by atoms with van der Waals surface area (Å²) in [5.74, 6) is 0.441. The second kappa shape index (κ2) is 6.23. The van der Waals surface area contributed by atoms with Gasteiger partial charge in [-0.15, -0.1) is 0 Å². The van der Waals surface area contributed by atoms with E-state index in [1.807, 2.05) is 18.2 Å². The molecule has 0 aliphatic rings. The van der Waals surface area contributed by atoms with Gasteiger partial charge in [-0.05, 0) is 17.9 Å². The fourth-order valence-corrected chi connectivity index (χ4v) is 1.51. The quantitative estimate of drug-likeness (QED) is 0.786. The van der Waals surface area contributed by atoms with Crippen LogP contribution in [-0.4, -0.2) is 12.5 Å². The normalized spacial score (nSPS) is 12.1. The molecule has 1 amide bonds. The van der Waals surface area contributed by atoms with Crippen LogP contribution in [0.15, 0.2) is 30.3 Å². The average molecular weight is 205 g/mol. The number of hydrogen-bond acceptors (Lipinski definition) is 1. The van der Waals surface area contributed by atoms with Gasteiger partial charge in [0.25, 0.3) is 0 Å². The van der Waals surface area contributed by atoms with Gasteiger partial charge in [-0.2, -0.15) is 0 Å². The van der Waals surface area contributed by atoms with Crippen molar-refractivity contribution in [1.29, 1.82) is 0 Å². The van der Waals surface area contributed by atoms with Gasteiger partial charge in [0, 0.05) is 13.0 Å². The molecule has 2 nitrogen and oxygen atoms in total. The summed E-state index contributed by atoms with van der Waals surface area (Å²) in [5, 5.41) is 2.89. The van der Waals surface area contributed by atoms with E-state index in [0.717, 1.165) is 13.0 Å². The maximum absolute atomic E-state index is 11.5. The first-order valence-electron chi connectivity index (χ1n) is 5.55. The summed E-state index contributed by atoms with van der Waals surface area (Å²) in [6, 6.07) is 10.1. The monoisotopic (exact) mass is 205 g/mol. The van der Waals surface area contributed by atoms with Crippen molar-refractivity contribution in [3.63, 3.8) is 0 Å². The van der Waals surface area contributed by atoms with E-state index < -0.39 is 0 Å². The third-order valence-electron chi connectivity index (χ3n) is 2.43. The van der Waals surface area contributed by atoms with Crippen LogP contribution in [-0.2, 0) is 4.79 Å². The summed E-state index contributed by atoms with van der Waals surface area (Å²) in [6.07, 6.45) is 1.56. The van der Waals surface area contributed by atoms with Crippen molar-refractivity contribution in [2.24, 2.45) is 0 Å². The van der Waals surface area contributed by atoms with Crippen LogP contribution in [0.25, 0.3) is 0 Å². The average Bonchev–Trinajstić information content (AvgIpc) is 2.27. The van der Waals surface area contributed by atoms with Crippen molar-refractivity contribution in [3.8, 4) is 0 Å². The topological polar surface area (TPSA) is 29.1 Å². The zero-order chi connectivity index (χ0) is 11.1. The maximum atomic E-state index is 11.5. The molecule has 0 bridgehead atoms. The molecule has 0 spiro atoms. The number of benzene rings is 1. The van der Waals surface area contributed by atoms with Gasteiger partial charge in [-0.25, -0.2) is 0 Å². The lowest BCUT2D eigenvalue weighted by Crippen LogP contribution is -2.25. The summed E-state index contributed by atoms with van der Waals surface area (Å²) < 4.78 is 0. The molecule has 1 rings (SSSR count). The molecule has 0 heterocycles. The largest absolute Gasteiger partial charge is 0.356 e. The molecule has 1 aromatic carbocycles. The van der Waals surface area contributed by atoms with Crippen LogP contribution in [0.3, 0.4) is 0 Å². The second-order valence-electron chi connectivity index (χ2n) is 3.87. The number of rotatable bonds is 5. The summed E-state index contributed by atoms with van der Waals surface area (Å²) in [6.45, 7) is 4.92. The minimum Gasteiger partial charge on any atom is -0.356 e. The van der Waals surface area contributed by atoms with Crippen molar-refractivity contribution >= 4 is 5.91 Å². The van der Waals surface area contributed by atoms with E-state index in [9.17, 15) is 4.79 Å². The van der Waals surface area contributed by atoms with Crippen LogP contribution in [0.2, 0.25) is 0 Å². The smallest absolute Gasteiger partial charge is 0.220 e. The van der Waals surface area contributed by atoms with Crippen molar-refractivity contribution in [2.75, 3.05) is 6.54 Å². The Morgan fingerprint density at radius 3 is 2.60 bits per heavy atom. The molecule has 1 N–H and O–H groups in total. The fourth-order valence-electron chi connectivity index (χ4n) is 1.51. The lowest BCUT2D eigenvalue weighted by atomic mass is 9.98. The summed E-state index contributed by atoms with van der Waals surface area (Å²) >= 11 is 0. The van der Waals surface area contributed by atoms with Crippen molar-refractivity contribution < 1.29 is 4.79 Å². The molecule has 0 saturated carbocycles. The molecular weight excluding hydrogens is 186 g/mol. The molecule has 0 aliphatic carbocycles. The number of carbonyl (C=O) groups is 1. The van der Waals surface area contributed by atoms with E-state index in [4.69, 9.17) is 0 Å². The molecule has 1 aromatic rings. The predicted molar refractivity (Wildman–Crippen MR) is 62.8 cm³/mol. The number of nitrogens with one attached hydrogen (secondary N) is 1. The van der Waals surface area contributed by atoms with Crippen LogP contribution in [0.5, 0.6) is 0 Å². The van der Waals surface area contributed by atoms with Gasteiger partial charge in [0.1, 0.15) is 0 Å². The highest BCUT2D eigenvalue weighted by Crippen LogP contribution is 2.17. The molecular formula is C13H19NO. The van der Waals surface area contributed by atoms with Gasteiger partial charge >= 0.3 is 0 Å². The zero-order valence-corrected chi connectivity index (χ0v) is 9.49. The Kier molecular flexibility index (Phi) is 4.88. The first-order valence-corrected chi connectivity index (χ1v) is 5.55. The van der Waals surface area contributed by atoms with Gasteiger partial charge in [0.05, 0.1) is 0 Å². The molecule has 0 unspecified atom stereocenters. The van der Waals surface area contributed by atoms with Gasteiger partial charge in [0.2, 0.25) is 5.91 Å². The van der Waals surface area contributed by atoms with Gasteiger partial charge in [-0.1, -0.05) is 44.2 Å². The molecule has 2 heteroatoms. The SMILES string of the molecule is CCCNC(=O)C[C@@H](C)c1ccccc1. The van der Waals surface area contributed by atoms with Gasteiger partial charge in [-0.3, -0.25) is 4.79 Å². The number of carbonyl (C=O) groups excluding carboxylic acids is 1. The Morgan fingerprint density at radius 2 is 2.00 bits per heavy atom. The summed E-state index contributed by atoms with van der Waals surface area (Å²) in [4.78, 5) is 11.5. The molecule has 1 atom stereocenters. The standard InChI is InChI=1S/C13H19NO/c1-3-9-14-13(15)10-11(2)12-7-5-4-6-8-12/h4-8,11H,3,9-10H2,1-2H3,(H,14,15)/t11-/m1/s1. The minimum absolute atomic E-state index is 0.146. The molecule has 0 radical (unpaired) electrons. The first kappa shape index (κ1) is 11.8. The second-order valence-corrected chi connectivity index (χ2v) is 3.87. The maximum Gasteiger partial charge on any atom is 0.220 e. The van der Waals surface area contributed by atoms with Crippen LogP contribution >= 0.6 is 0 Å². The van der Waals surface area contributed by atoms with Crippen LogP contribution in [0, 0.1) is 0 Å². The minimum atomic E-state index is 0.146. The molecule has 15 heavy (non-hydrogen) atoms. The van der Waals surface area contributed by atoms with Crippen molar-refractivity contribution in [1.82, 2.24) is 5.32 Å². The zero-order valence-electron chi connectivity index (χ0n) is 9.49. The molecule has 0 aromatic heterocycles. The first-order chi connectivity index (χ1) is 7.24. The number of hydrogen-bond donors (Lipinski definition) is 1. The predicted octanol–water partition coefficient (Wildman–Crippen LogP) is 2.71. The van der Waals surface area contributed by atoms with E-state index in [0.29, 0.717) is 12.3 Å². The molecule has 0 aliphatic heterocycles. The fraction of sp³-hybridized carbons (Fsp3) is 0.462. The Morgan fingerprint density at radius 1 is 1.33 bits per heavy atom. The highest BCUT2D eigenvalue weighted by atomic mass is 16.1. The van der Waals surface area contributed by atoms with E-state index in [-0.39, 0.29) is 5.91 Å². The van der Waals surface area contributed by atoms with Gasteiger partial charge in [0.15, 0.2) is 0 Å². The summed E-state index contributed by atoms with van der Waals surface area (Å²) in [7, 11) is 0.